The van der Waals surface area contributed by atoms with Crippen LogP contribution in [0.4, 0.5) is 14.5 Å². The van der Waals surface area contributed by atoms with Gasteiger partial charge in [-0.25, -0.2) is 8.78 Å². The van der Waals surface area contributed by atoms with E-state index in [1.807, 2.05) is 0 Å². The number of benzene rings is 1. The molecule has 0 bridgehead atoms. The third-order valence-electron chi connectivity index (χ3n) is 3.41. The second kappa shape index (κ2) is 6.37. The highest BCUT2D eigenvalue weighted by Crippen LogP contribution is 2.30. The van der Waals surface area contributed by atoms with Gasteiger partial charge in [0.15, 0.2) is 17.4 Å². The molecule has 1 saturated carbocycles. The van der Waals surface area contributed by atoms with Crippen molar-refractivity contribution < 1.29 is 18.3 Å². The van der Waals surface area contributed by atoms with Crippen molar-refractivity contribution in [2.75, 3.05) is 12.4 Å². The number of nitrogens with one attached hydrogen (secondary N) is 1. The van der Waals surface area contributed by atoms with Crippen molar-refractivity contribution in [1.82, 2.24) is 0 Å². The highest BCUT2D eigenvalue weighted by atomic mass is 35.5. The number of nitrogens with two attached hydrogens (primary N) is 1. The normalized spacial score (nSPS) is 16.4. The zero-order valence-electron chi connectivity index (χ0n) is 11.0. The first-order valence-electron chi connectivity index (χ1n) is 6.09. The number of carbonyl (C=O) groups is 1. The lowest BCUT2D eigenvalue weighted by molar-refractivity contribution is -0.121. The molecule has 0 aromatic heterocycles. The number of halogens is 3. The van der Waals surface area contributed by atoms with Crippen molar-refractivity contribution in [3.8, 4) is 5.75 Å². The lowest BCUT2D eigenvalue weighted by atomic mass is 9.98. The third kappa shape index (κ3) is 3.19. The average Bonchev–Trinajstić information content (AvgIpc) is 2.77. The molecule has 1 aromatic rings. The van der Waals surface area contributed by atoms with Crippen LogP contribution in [-0.2, 0) is 4.79 Å². The van der Waals surface area contributed by atoms with E-state index in [0.717, 1.165) is 25.0 Å². The molecular formula is C13H17ClF2N2O2. The Bertz CT molecular complexity index is 482. The van der Waals surface area contributed by atoms with Gasteiger partial charge in [0.1, 0.15) is 0 Å². The van der Waals surface area contributed by atoms with E-state index in [2.05, 4.69) is 10.1 Å². The van der Waals surface area contributed by atoms with Crippen LogP contribution < -0.4 is 15.8 Å². The van der Waals surface area contributed by atoms with Gasteiger partial charge in [-0.05, 0) is 12.8 Å². The van der Waals surface area contributed by atoms with Gasteiger partial charge in [-0.2, -0.15) is 0 Å². The molecule has 1 aromatic carbocycles. The van der Waals surface area contributed by atoms with Crippen molar-refractivity contribution in [3.05, 3.63) is 23.8 Å². The number of amides is 1. The van der Waals surface area contributed by atoms with Crippen LogP contribution in [0.15, 0.2) is 12.1 Å². The van der Waals surface area contributed by atoms with Crippen LogP contribution in [0.1, 0.15) is 25.7 Å². The van der Waals surface area contributed by atoms with Gasteiger partial charge in [-0.15, -0.1) is 12.4 Å². The molecule has 7 heteroatoms. The quantitative estimate of drug-likeness (QED) is 0.902. The van der Waals surface area contributed by atoms with Crippen LogP contribution in [0, 0.1) is 11.6 Å². The molecule has 112 valence electrons. The van der Waals surface area contributed by atoms with Crippen molar-refractivity contribution in [1.29, 1.82) is 0 Å². The Kier molecular flexibility index (Phi) is 5.30. The van der Waals surface area contributed by atoms with Crippen LogP contribution in [0.2, 0.25) is 0 Å². The summed E-state index contributed by atoms with van der Waals surface area (Å²) in [5.41, 5.74) is 5.06. The summed E-state index contributed by atoms with van der Waals surface area (Å²) < 4.78 is 31.5. The Morgan fingerprint density at radius 2 is 1.80 bits per heavy atom. The summed E-state index contributed by atoms with van der Waals surface area (Å²) in [7, 11) is 1.17. The van der Waals surface area contributed by atoms with E-state index in [0.29, 0.717) is 12.8 Å². The number of ether oxygens (including phenoxy) is 1. The second-order valence-electron chi connectivity index (χ2n) is 4.79. The van der Waals surface area contributed by atoms with Gasteiger partial charge in [0.05, 0.1) is 12.6 Å². The monoisotopic (exact) mass is 306 g/mol. The molecule has 0 aliphatic heterocycles. The number of rotatable bonds is 3. The van der Waals surface area contributed by atoms with Crippen LogP contribution in [0.25, 0.3) is 0 Å². The Hall–Kier alpha value is -1.40. The topological polar surface area (TPSA) is 64.3 Å². The van der Waals surface area contributed by atoms with Crippen LogP contribution in [0.3, 0.4) is 0 Å². The summed E-state index contributed by atoms with van der Waals surface area (Å²) in [5.74, 6) is -2.61. The molecule has 3 N–H and O–H groups in total. The van der Waals surface area contributed by atoms with Crippen molar-refractivity contribution in [2.45, 2.75) is 31.2 Å². The first-order chi connectivity index (χ1) is 8.96. The first kappa shape index (κ1) is 16.7. The van der Waals surface area contributed by atoms with Crippen LogP contribution in [-0.4, -0.2) is 18.6 Å². The van der Waals surface area contributed by atoms with E-state index >= 15 is 0 Å². The fraction of sp³-hybridized carbons (Fsp3) is 0.462. The number of methoxy groups -OCH3 is 1. The Morgan fingerprint density at radius 3 is 2.25 bits per heavy atom. The van der Waals surface area contributed by atoms with E-state index in [-0.39, 0.29) is 18.1 Å². The van der Waals surface area contributed by atoms with E-state index in [1.165, 1.54) is 7.11 Å². The zero-order valence-corrected chi connectivity index (χ0v) is 11.9. The van der Waals surface area contributed by atoms with Gasteiger partial charge in [-0.1, -0.05) is 12.8 Å². The second-order valence-corrected chi connectivity index (χ2v) is 4.79. The summed E-state index contributed by atoms with van der Waals surface area (Å²) in [4.78, 5) is 12.0. The Labute approximate surface area is 122 Å². The van der Waals surface area contributed by atoms with E-state index in [9.17, 15) is 13.6 Å². The van der Waals surface area contributed by atoms with E-state index in [1.54, 1.807) is 0 Å². The van der Waals surface area contributed by atoms with Gasteiger partial charge in [0.2, 0.25) is 5.91 Å². The third-order valence-corrected chi connectivity index (χ3v) is 3.41. The molecule has 0 heterocycles. The first-order valence-corrected chi connectivity index (χ1v) is 6.09. The summed E-state index contributed by atoms with van der Waals surface area (Å²) in [6.07, 6.45) is 2.93. The molecule has 1 aliphatic carbocycles. The summed E-state index contributed by atoms with van der Waals surface area (Å²) in [5, 5.41) is 2.46. The number of hydrogen-bond donors (Lipinski definition) is 2. The lowest BCUT2D eigenvalue weighted by Crippen LogP contribution is -2.48. The minimum atomic E-state index is -0.938. The molecule has 2 rings (SSSR count). The molecule has 1 fully saturated rings. The molecule has 0 spiro atoms. The SMILES string of the molecule is COc1c(F)cc(NC(=O)C2(N)CCCC2)cc1F.Cl. The zero-order chi connectivity index (χ0) is 14.0. The molecule has 1 amide bonds. The van der Waals surface area contributed by atoms with Crippen molar-refractivity contribution >= 4 is 24.0 Å². The van der Waals surface area contributed by atoms with Gasteiger partial charge in [0, 0.05) is 17.8 Å². The summed E-state index contributed by atoms with van der Waals surface area (Å²) in [6, 6.07) is 2.02. The molecule has 0 unspecified atom stereocenters. The van der Waals surface area contributed by atoms with Crippen LogP contribution >= 0.6 is 12.4 Å². The maximum absolute atomic E-state index is 13.5. The lowest BCUT2D eigenvalue weighted by Gasteiger charge is -2.22. The van der Waals surface area contributed by atoms with Gasteiger partial charge in [-0.3, -0.25) is 4.79 Å². The van der Waals surface area contributed by atoms with Gasteiger partial charge >= 0.3 is 0 Å². The maximum Gasteiger partial charge on any atom is 0.244 e. The number of anilines is 1. The maximum atomic E-state index is 13.5. The Morgan fingerprint density at radius 1 is 1.30 bits per heavy atom. The molecule has 0 atom stereocenters. The molecule has 0 radical (unpaired) electrons. The largest absolute Gasteiger partial charge is 0.491 e. The van der Waals surface area contributed by atoms with Gasteiger partial charge < -0.3 is 15.8 Å². The average molecular weight is 307 g/mol. The van der Waals surface area contributed by atoms with E-state index < -0.39 is 28.8 Å². The standard InChI is InChI=1S/C13H16F2N2O2.ClH/c1-19-11-9(14)6-8(7-10(11)15)17-12(18)13(16)4-2-3-5-13;/h6-7H,2-5,16H2,1H3,(H,17,18);1H. The highest BCUT2D eigenvalue weighted by molar-refractivity contribution is 5.98. The Balaban J connectivity index is 0.00000200. The molecule has 4 nitrogen and oxygen atoms in total. The van der Waals surface area contributed by atoms with Gasteiger partial charge in [0.25, 0.3) is 0 Å². The summed E-state index contributed by atoms with van der Waals surface area (Å²) >= 11 is 0. The predicted molar refractivity (Wildman–Crippen MR) is 74.2 cm³/mol. The van der Waals surface area contributed by atoms with E-state index in [4.69, 9.17) is 5.73 Å². The molecule has 20 heavy (non-hydrogen) atoms. The van der Waals surface area contributed by atoms with Crippen molar-refractivity contribution in [3.63, 3.8) is 0 Å². The summed E-state index contributed by atoms with van der Waals surface area (Å²) in [6.45, 7) is 0. The predicted octanol–water partition coefficient (Wildman–Crippen LogP) is 2.61. The minimum absolute atomic E-state index is 0. The molecule has 0 saturated heterocycles. The highest BCUT2D eigenvalue weighted by Gasteiger charge is 2.37. The minimum Gasteiger partial charge on any atom is -0.491 e. The van der Waals surface area contributed by atoms with Crippen molar-refractivity contribution in [2.24, 2.45) is 5.73 Å². The smallest absolute Gasteiger partial charge is 0.244 e. The molecule has 1 aliphatic rings. The fourth-order valence-corrected chi connectivity index (χ4v) is 2.32. The number of hydrogen-bond acceptors (Lipinski definition) is 3. The number of carbonyl (C=O) groups excluding carboxylic acids is 1. The molecular weight excluding hydrogens is 290 g/mol. The van der Waals surface area contributed by atoms with Crippen LogP contribution in [0.5, 0.6) is 5.75 Å². The fourth-order valence-electron chi connectivity index (χ4n) is 2.32.